The number of hydrogen-bond acceptors (Lipinski definition) is 6. The summed E-state index contributed by atoms with van der Waals surface area (Å²) in [6.45, 7) is 5.83. The lowest BCUT2D eigenvalue weighted by atomic mass is 10.3. The smallest absolute Gasteiger partial charge is 0.318 e. The van der Waals surface area contributed by atoms with Crippen molar-refractivity contribution in [3.8, 4) is 6.01 Å². The monoisotopic (exact) mass is 279 g/mol. The molecule has 0 aliphatic carbocycles. The molecule has 0 unspecified atom stereocenters. The summed E-state index contributed by atoms with van der Waals surface area (Å²) in [5.74, 6) is 0.968. The molecule has 0 atom stereocenters. The summed E-state index contributed by atoms with van der Waals surface area (Å²) in [6, 6.07) is 2.44. The molecule has 0 bridgehead atoms. The summed E-state index contributed by atoms with van der Waals surface area (Å²) in [7, 11) is 6.27. The second kappa shape index (κ2) is 7.40. The molecule has 0 saturated carbocycles. The number of nitrogens with zero attached hydrogens (tertiary/aromatic N) is 5. The Kier molecular flexibility index (Phi) is 5.55. The second-order valence-corrected chi connectivity index (χ2v) is 5.49. The van der Waals surface area contributed by atoms with Crippen LogP contribution in [0.15, 0.2) is 12.3 Å². The van der Waals surface area contributed by atoms with Crippen LogP contribution in [0.4, 0.5) is 5.82 Å². The number of hydrogen-bond donors (Lipinski definition) is 0. The van der Waals surface area contributed by atoms with E-state index in [0.29, 0.717) is 12.6 Å². The fraction of sp³-hybridized carbons (Fsp3) is 0.714. The first kappa shape index (κ1) is 15.0. The van der Waals surface area contributed by atoms with E-state index in [1.54, 1.807) is 6.20 Å². The van der Waals surface area contributed by atoms with Crippen molar-refractivity contribution in [1.29, 1.82) is 0 Å². The number of anilines is 1. The highest BCUT2D eigenvalue weighted by Gasteiger charge is 2.15. The maximum atomic E-state index is 5.62. The van der Waals surface area contributed by atoms with E-state index in [4.69, 9.17) is 4.74 Å². The molecule has 0 spiro atoms. The molecule has 1 aliphatic rings. The summed E-state index contributed by atoms with van der Waals surface area (Å²) in [5.41, 5.74) is 0. The maximum Gasteiger partial charge on any atom is 0.318 e. The normalized spacial score (nSPS) is 16.7. The molecule has 2 rings (SSSR count). The molecular weight excluding hydrogens is 254 g/mol. The predicted molar refractivity (Wildman–Crippen MR) is 80.4 cm³/mol. The first-order chi connectivity index (χ1) is 9.65. The molecule has 20 heavy (non-hydrogen) atoms. The van der Waals surface area contributed by atoms with Gasteiger partial charge >= 0.3 is 6.01 Å². The topological polar surface area (TPSA) is 44.7 Å². The van der Waals surface area contributed by atoms with Crippen molar-refractivity contribution in [2.75, 3.05) is 65.4 Å². The van der Waals surface area contributed by atoms with Crippen LogP contribution in [0.2, 0.25) is 0 Å². The molecule has 6 heteroatoms. The third-order valence-corrected chi connectivity index (χ3v) is 3.43. The minimum Gasteiger partial charge on any atom is -0.463 e. The fourth-order valence-electron chi connectivity index (χ4n) is 2.16. The van der Waals surface area contributed by atoms with Crippen LogP contribution in [0.5, 0.6) is 6.01 Å². The van der Waals surface area contributed by atoms with Crippen molar-refractivity contribution in [3.63, 3.8) is 0 Å². The third kappa shape index (κ3) is 4.61. The first-order valence-electron chi connectivity index (χ1n) is 7.19. The van der Waals surface area contributed by atoms with Crippen LogP contribution in [0.25, 0.3) is 0 Å². The molecule has 1 aliphatic heterocycles. The maximum absolute atomic E-state index is 5.62. The lowest BCUT2D eigenvalue weighted by Gasteiger charge is -2.33. The van der Waals surface area contributed by atoms with Crippen LogP contribution in [0.1, 0.15) is 6.42 Å². The molecule has 112 valence electrons. The Morgan fingerprint density at radius 3 is 2.70 bits per heavy atom. The van der Waals surface area contributed by atoms with Gasteiger partial charge in [-0.1, -0.05) is 0 Å². The van der Waals surface area contributed by atoms with Gasteiger partial charge in [0.1, 0.15) is 5.82 Å². The standard InChI is InChI=1S/C14H25N5O/c1-17(2)7-4-12-20-14-15-6-5-13(16-14)19-10-8-18(3)9-11-19/h5-6H,4,7-12H2,1-3H3. The van der Waals surface area contributed by atoms with Crippen LogP contribution < -0.4 is 9.64 Å². The van der Waals surface area contributed by atoms with E-state index >= 15 is 0 Å². The molecule has 0 radical (unpaired) electrons. The first-order valence-corrected chi connectivity index (χ1v) is 7.19. The van der Waals surface area contributed by atoms with Crippen molar-refractivity contribution in [1.82, 2.24) is 19.8 Å². The molecular formula is C14H25N5O. The van der Waals surface area contributed by atoms with E-state index < -0.39 is 0 Å². The highest BCUT2D eigenvalue weighted by Crippen LogP contribution is 2.15. The van der Waals surface area contributed by atoms with Crippen LogP contribution in [0, 0.1) is 0 Å². The van der Waals surface area contributed by atoms with Gasteiger partial charge in [-0.2, -0.15) is 4.98 Å². The molecule has 6 nitrogen and oxygen atoms in total. The average molecular weight is 279 g/mol. The van der Waals surface area contributed by atoms with Gasteiger partial charge in [0.25, 0.3) is 0 Å². The van der Waals surface area contributed by atoms with Crippen LogP contribution >= 0.6 is 0 Å². The van der Waals surface area contributed by atoms with E-state index in [1.165, 1.54) is 0 Å². The van der Waals surface area contributed by atoms with Crippen molar-refractivity contribution in [2.24, 2.45) is 0 Å². The number of ether oxygens (including phenoxy) is 1. The SMILES string of the molecule is CN(C)CCCOc1nccc(N2CCN(C)CC2)n1. The number of aromatic nitrogens is 2. The van der Waals surface area contributed by atoms with Gasteiger partial charge in [0.2, 0.25) is 0 Å². The van der Waals surface area contributed by atoms with Gasteiger partial charge in [0, 0.05) is 38.9 Å². The Morgan fingerprint density at radius 1 is 1.25 bits per heavy atom. The van der Waals surface area contributed by atoms with Gasteiger partial charge in [-0.3, -0.25) is 0 Å². The molecule has 0 N–H and O–H groups in total. The number of likely N-dealkylation sites (N-methyl/N-ethyl adjacent to an activating group) is 1. The van der Waals surface area contributed by atoms with E-state index in [0.717, 1.165) is 45.0 Å². The second-order valence-electron chi connectivity index (χ2n) is 5.49. The largest absolute Gasteiger partial charge is 0.463 e. The van der Waals surface area contributed by atoms with Gasteiger partial charge in [0.15, 0.2) is 0 Å². The van der Waals surface area contributed by atoms with Crippen molar-refractivity contribution >= 4 is 5.82 Å². The van der Waals surface area contributed by atoms with Crippen molar-refractivity contribution in [3.05, 3.63) is 12.3 Å². The molecule has 1 aromatic heterocycles. The molecule has 0 amide bonds. The highest BCUT2D eigenvalue weighted by molar-refractivity contribution is 5.38. The van der Waals surface area contributed by atoms with E-state index in [1.807, 2.05) is 6.07 Å². The Morgan fingerprint density at radius 2 is 2.00 bits per heavy atom. The minimum absolute atomic E-state index is 0.486. The lowest BCUT2D eigenvalue weighted by Crippen LogP contribution is -2.44. The molecule has 0 aromatic carbocycles. The molecule has 1 saturated heterocycles. The third-order valence-electron chi connectivity index (χ3n) is 3.43. The summed E-state index contributed by atoms with van der Waals surface area (Å²) >= 11 is 0. The quantitative estimate of drug-likeness (QED) is 0.709. The van der Waals surface area contributed by atoms with Gasteiger partial charge in [0.05, 0.1) is 6.61 Å². The van der Waals surface area contributed by atoms with Gasteiger partial charge in [-0.05, 0) is 33.6 Å². The highest BCUT2D eigenvalue weighted by atomic mass is 16.5. The Labute approximate surface area is 121 Å². The van der Waals surface area contributed by atoms with Crippen molar-refractivity contribution < 1.29 is 4.74 Å². The zero-order valence-electron chi connectivity index (χ0n) is 12.7. The summed E-state index contributed by atoms with van der Waals surface area (Å²) in [5, 5.41) is 0. The summed E-state index contributed by atoms with van der Waals surface area (Å²) in [6.07, 6.45) is 2.76. The van der Waals surface area contributed by atoms with E-state index in [9.17, 15) is 0 Å². The Bertz CT molecular complexity index is 404. The van der Waals surface area contributed by atoms with Crippen LogP contribution in [0.3, 0.4) is 0 Å². The predicted octanol–water partition coefficient (Wildman–Crippen LogP) is 0.559. The van der Waals surface area contributed by atoms with Gasteiger partial charge in [-0.25, -0.2) is 4.98 Å². The minimum atomic E-state index is 0.486. The summed E-state index contributed by atoms with van der Waals surface area (Å²) < 4.78 is 5.62. The van der Waals surface area contributed by atoms with E-state index in [-0.39, 0.29) is 0 Å². The summed E-state index contributed by atoms with van der Waals surface area (Å²) in [4.78, 5) is 15.4. The van der Waals surface area contributed by atoms with Crippen LogP contribution in [-0.4, -0.2) is 80.2 Å². The van der Waals surface area contributed by atoms with Gasteiger partial charge < -0.3 is 19.4 Å². The zero-order valence-corrected chi connectivity index (χ0v) is 12.7. The van der Waals surface area contributed by atoms with Crippen molar-refractivity contribution in [2.45, 2.75) is 6.42 Å². The van der Waals surface area contributed by atoms with Crippen LogP contribution in [-0.2, 0) is 0 Å². The van der Waals surface area contributed by atoms with Gasteiger partial charge in [-0.15, -0.1) is 0 Å². The lowest BCUT2D eigenvalue weighted by molar-refractivity contribution is 0.263. The fourth-order valence-corrected chi connectivity index (χ4v) is 2.16. The Hall–Kier alpha value is -1.40. The zero-order chi connectivity index (χ0) is 14.4. The molecule has 1 aromatic rings. The average Bonchev–Trinajstić information content (AvgIpc) is 2.44. The molecule has 2 heterocycles. The molecule has 1 fully saturated rings. The Balaban J connectivity index is 1.84. The number of piperazine rings is 1. The number of rotatable bonds is 6. The van der Waals surface area contributed by atoms with E-state index in [2.05, 4.69) is 45.8 Å².